The van der Waals surface area contributed by atoms with Crippen molar-refractivity contribution in [2.45, 2.75) is 19.4 Å². The first-order valence-corrected chi connectivity index (χ1v) is 7.81. The Labute approximate surface area is 140 Å². The average Bonchev–Trinajstić information content (AvgIpc) is 2.60. The van der Waals surface area contributed by atoms with Crippen LogP contribution in [-0.2, 0) is 11.2 Å². The molecule has 0 aliphatic carbocycles. The lowest BCUT2D eigenvalue weighted by Crippen LogP contribution is -2.36. The van der Waals surface area contributed by atoms with Crippen molar-refractivity contribution in [2.75, 3.05) is 18.9 Å². The monoisotopic (exact) mass is 325 g/mol. The van der Waals surface area contributed by atoms with Gasteiger partial charge in [0.1, 0.15) is 0 Å². The molecule has 1 aromatic heterocycles. The van der Waals surface area contributed by atoms with E-state index in [0.717, 1.165) is 12.0 Å². The fraction of sp³-hybridized carbons (Fsp3) is 0.278. The highest BCUT2D eigenvalue weighted by Gasteiger charge is 2.28. The van der Waals surface area contributed by atoms with Gasteiger partial charge in [-0.2, -0.15) is 0 Å². The molecule has 3 rings (SSSR count). The van der Waals surface area contributed by atoms with Crippen LogP contribution in [0.5, 0.6) is 5.75 Å². The fourth-order valence-corrected chi connectivity index (χ4v) is 2.55. The summed E-state index contributed by atoms with van der Waals surface area (Å²) in [5.74, 6) is 0.0905. The number of para-hydroxylation sites is 1. The van der Waals surface area contributed by atoms with E-state index in [1.165, 1.54) is 0 Å². The maximum atomic E-state index is 12.7. The SMILES string of the molecule is C[C@H]1Oc2c(cccc2C(=O)N(C)CCc2ccncc2)NC1=O. The first-order valence-electron chi connectivity index (χ1n) is 7.81. The average molecular weight is 325 g/mol. The van der Waals surface area contributed by atoms with E-state index in [-0.39, 0.29) is 11.8 Å². The standard InChI is InChI=1S/C18H19N3O3/c1-12-17(22)20-15-5-3-4-14(16(15)24-12)18(23)21(2)11-8-13-6-9-19-10-7-13/h3-7,9-10,12H,8,11H2,1-2H3,(H,20,22)/t12-/m1/s1. The number of hydrogen-bond acceptors (Lipinski definition) is 4. The van der Waals surface area contributed by atoms with Gasteiger partial charge < -0.3 is 15.0 Å². The van der Waals surface area contributed by atoms with Crippen LogP contribution in [0.1, 0.15) is 22.8 Å². The van der Waals surface area contributed by atoms with Gasteiger partial charge in [-0.25, -0.2) is 0 Å². The van der Waals surface area contributed by atoms with E-state index in [1.807, 2.05) is 12.1 Å². The quantitative estimate of drug-likeness (QED) is 0.934. The third kappa shape index (κ3) is 3.22. The Bertz CT molecular complexity index is 761. The Morgan fingerprint density at radius 3 is 2.79 bits per heavy atom. The Morgan fingerprint density at radius 2 is 2.04 bits per heavy atom. The van der Waals surface area contributed by atoms with E-state index < -0.39 is 6.10 Å². The highest BCUT2D eigenvalue weighted by atomic mass is 16.5. The van der Waals surface area contributed by atoms with Crippen LogP contribution < -0.4 is 10.1 Å². The predicted octanol–water partition coefficient (Wildman–Crippen LogP) is 2.12. The van der Waals surface area contributed by atoms with Crippen LogP contribution in [0.3, 0.4) is 0 Å². The van der Waals surface area contributed by atoms with Gasteiger partial charge in [-0.15, -0.1) is 0 Å². The number of benzene rings is 1. The molecule has 0 radical (unpaired) electrons. The molecule has 0 saturated carbocycles. The molecule has 2 heterocycles. The van der Waals surface area contributed by atoms with Gasteiger partial charge in [0.05, 0.1) is 11.3 Å². The van der Waals surface area contributed by atoms with Crippen molar-refractivity contribution in [1.82, 2.24) is 9.88 Å². The minimum absolute atomic E-state index is 0.135. The summed E-state index contributed by atoms with van der Waals surface area (Å²) in [6, 6.07) is 9.05. The number of carbonyl (C=O) groups excluding carboxylic acids is 2. The molecule has 6 nitrogen and oxygen atoms in total. The topological polar surface area (TPSA) is 71.5 Å². The molecule has 1 aliphatic heterocycles. The highest BCUT2D eigenvalue weighted by Crippen LogP contribution is 2.33. The van der Waals surface area contributed by atoms with E-state index in [2.05, 4.69) is 10.3 Å². The summed E-state index contributed by atoms with van der Waals surface area (Å²) in [6.07, 6.45) is 3.60. The second-order valence-electron chi connectivity index (χ2n) is 5.76. The van der Waals surface area contributed by atoms with Crippen molar-refractivity contribution in [1.29, 1.82) is 0 Å². The molecule has 6 heteroatoms. The Morgan fingerprint density at radius 1 is 1.29 bits per heavy atom. The zero-order valence-corrected chi connectivity index (χ0v) is 13.7. The van der Waals surface area contributed by atoms with Crippen molar-refractivity contribution in [2.24, 2.45) is 0 Å². The molecule has 124 valence electrons. The molecule has 0 fully saturated rings. The largest absolute Gasteiger partial charge is 0.478 e. The number of anilines is 1. The van der Waals surface area contributed by atoms with Crippen molar-refractivity contribution >= 4 is 17.5 Å². The predicted molar refractivity (Wildman–Crippen MR) is 90.1 cm³/mol. The van der Waals surface area contributed by atoms with Gasteiger partial charge in [0.15, 0.2) is 11.9 Å². The zero-order chi connectivity index (χ0) is 17.1. The van der Waals surface area contributed by atoms with Gasteiger partial charge in [0, 0.05) is 26.0 Å². The van der Waals surface area contributed by atoms with Gasteiger partial charge in [-0.1, -0.05) is 6.07 Å². The number of nitrogens with zero attached hydrogens (tertiary/aromatic N) is 2. The molecule has 0 unspecified atom stereocenters. The molecule has 2 amide bonds. The molecule has 1 aromatic carbocycles. The minimum Gasteiger partial charge on any atom is -0.478 e. The van der Waals surface area contributed by atoms with Crippen LogP contribution in [0.4, 0.5) is 5.69 Å². The number of nitrogens with one attached hydrogen (secondary N) is 1. The number of carbonyl (C=O) groups is 2. The van der Waals surface area contributed by atoms with Gasteiger partial charge >= 0.3 is 0 Å². The number of aromatic nitrogens is 1. The third-order valence-electron chi connectivity index (χ3n) is 4.00. The Hall–Kier alpha value is -2.89. The van der Waals surface area contributed by atoms with E-state index >= 15 is 0 Å². The fourth-order valence-electron chi connectivity index (χ4n) is 2.55. The molecule has 1 aliphatic rings. The normalized spacial score (nSPS) is 15.9. The number of ether oxygens (including phenoxy) is 1. The van der Waals surface area contributed by atoms with Crippen LogP contribution in [0.25, 0.3) is 0 Å². The lowest BCUT2D eigenvalue weighted by molar-refractivity contribution is -0.122. The first kappa shape index (κ1) is 16.0. The molecule has 24 heavy (non-hydrogen) atoms. The van der Waals surface area contributed by atoms with E-state index in [1.54, 1.807) is 49.5 Å². The van der Waals surface area contributed by atoms with Crippen LogP contribution in [-0.4, -0.2) is 41.4 Å². The second kappa shape index (κ2) is 6.70. The molecular weight excluding hydrogens is 306 g/mol. The van der Waals surface area contributed by atoms with Crippen molar-refractivity contribution in [3.8, 4) is 5.75 Å². The summed E-state index contributed by atoms with van der Waals surface area (Å²) < 4.78 is 5.64. The van der Waals surface area contributed by atoms with E-state index in [4.69, 9.17) is 4.74 Å². The number of amides is 2. The van der Waals surface area contributed by atoms with Gasteiger partial charge in [0.2, 0.25) is 0 Å². The van der Waals surface area contributed by atoms with Gasteiger partial charge in [-0.3, -0.25) is 14.6 Å². The van der Waals surface area contributed by atoms with Crippen molar-refractivity contribution in [3.63, 3.8) is 0 Å². The number of likely N-dealkylation sites (N-methyl/N-ethyl adjacent to an activating group) is 1. The minimum atomic E-state index is -0.617. The number of fused-ring (bicyclic) bond motifs is 1. The number of rotatable bonds is 4. The summed E-state index contributed by atoms with van der Waals surface area (Å²) in [6.45, 7) is 2.24. The van der Waals surface area contributed by atoms with Crippen LogP contribution >= 0.6 is 0 Å². The molecule has 0 saturated heterocycles. The van der Waals surface area contributed by atoms with Crippen molar-refractivity contribution in [3.05, 3.63) is 53.9 Å². The number of hydrogen-bond donors (Lipinski definition) is 1. The highest BCUT2D eigenvalue weighted by molar-refractivity contribution is 6.03. The maximum Gasteiger partial charge on any atom is 0.265 e. The Balaban J connectivity index is 1.75. The zero-order valence-electron chi connectivity index (χ0n) is 13.7. The van der Waals surface area contributed by atoms with Crippen LogP contribution in [0, 0.1) is 0 Å². The number of pyridine rings is 1. The lowest BCUT2D eigenvalue weighted by atomic mass is 10.1. The van der Waals surface area contributed by atoms with Gasteiger partial charge in [0.25, 0.3) is 11.8 Å². The van der Waals surface area contributed by atoms with Crippen LogP contribution in [0.2, 0.25) is 0 Å². The third-order valence-corrected chi connectivity index (χ3v) is 4.00. The van der Waals surface area contributed by atoms with Crippen molar-refractivity contribution < 1.29 is 14.3 Å². The Kier molecular flexibility index (Phi) is 4.46. The molecular formula is C18H19N3O3. The van der Waals surface area contributed by atoms with Gasteiger partial charge in [-0.05, 0) is 43.2 Å². The molecule has 2 aromatic rings. The summed E-state index contributed by atoms with van der Waals surface area (Å²) >= 11 is 0. The molecule has 1 atom stereocenters. The summed E-state index contributed by atoms with van der Waals surface area (Å²) in [5, 5.41) is 2.76. The summed E-state index contributed by atoms with van der Waals surface area (Å²) in [7, 11) is 1.76. The summed E-state index contributed by atoms with van der Waals surface area (Å²) in [5.41, 5.74) is 2.11. The van der Waals surface area contributed by atoms with E-state index in [0.29, 0.717) is 23.5 Å². The van der Waals surface area contributed by atoms with E-state index in [9.17, 15) is 9.59 Å². The smallest absolute Gasteiger partial charge is 0.265 e. The maximum absolute atomic E-state index is 12.7. The summed E-state index contributed by atoms with van der Waals surface area (Å²) in [4.78, 5) is 30.1. The second-order valence-corrected chi connectivity index (χ2v) is 5.76. The molecule has 1 N–H and O–H groups in total. The molecule has 0 bridgehead atoms. The first-order chi connectivity index (χ1) is 11.6. The van der Waals surface area contributed by atoms with Crippen LogP contribution in [0.15, 0.2) is 42.7 Å². The lowest BCUT2D eigenvalue weighted by Gasteiger charge is -2.26. The molecule has 0 spiro atoms.